The number of hydrogen-bond acceptors (Lipinski definition) is 5. The number of amides is 1. The summed E-state index contributed by atoms with van der Waals surface area (Å²) >= 11 is 0. The topological polar surface area (TPSA) is 94.1 Å². The molecule has 1 aliphatic heterocycles. The van der Waals surface area contributed by atoms with Gasteiger partial charge in [0.2, 0.25) is 5.91 Å². The molecule has 24 heavy (non-hydrogen) atoms. The minimum atomic E-state index is -1.22. The average Bonchev–Trinajstić information content (AvgIpc) is 2.60. The molecule has 0 bridgehead atoms. The second-order valence-corrected chi connectivity index (χ2v) is 5.77. The van der Waals surface area contributed by atoms with Gasteiger partial charge < -0.3 is 24.6 Å². The van der Waals surface area contributed by atoms with E-state index in [9.17, 15) is 14.7 Å². The molecule has 1 heterocycles. The van der Waals surface area contributed by atoms with Crippen LogP contribution in [-0.2, 0) is 20.7 Å². The third kappa shape index (κ3) is 4.38. The second kappa shape index (κ2) is 8.01. The van der Waals surface area contributed by atoms with Gasteiger partial charge in [0, 0.05) is 38.5 Å². The molecule has 0 atom stereocenters. The summed E-state index contributed by atoms with van der Waals surface area (Å²) in [5.74, 6) is -0.00401. The van der Waals surface area contributed by atoms with Crippen LogP contribution in [0.3, 0.4) is 0 Å². The lowest BCUT2D eigenvalue weighted by molar-refractivity contribution is -0.152. The van der Waals surface area contributed by atoms with E-state index in [-0.39, 0.29) is 25.2 Å². The van der Waals surface area contributed by atoms with Gasteiger partial charge in [-0.05, 0) is 24.1 Å². The Morgan fingerprint density at radius 3 is 2.25 bits per heavy atom. The van der Waals surface area contributed by atoms with E-state index in [0.29, 0.717) is 31.1 Å². The summed E-state index contributed by atoms with van der Waals surface area (Å²) in [4.78, 5) is 23.8. The first-order valence-electron chi connectivity index (χ1n) is 7.83. The Hall–Kier alpha value is -2.28. The number of aryl methyl sites for hydroxylation is 1. The van der Waals surface area contributed by atoms with Crippen LogP contribution in [0.4, 0.5) is 0 Å². The highest BCUT2D eigenvalue weighted by Crippen LogP contribution is 2.24. The van der Waals surface area contributed by atoms with Gasteiger partial charge in [-0.15, -0.1) is 0 Å². The molecular formula is C17H23NO6. The Labute approximate surface area is 140 Å². The first-order chi connectivity index (χ1) is 11.5. The monoisotopic (exact) mass is 337 g/mol. The van der Waals surface area contributed by atoms with Crippen LogP contribution >= 0.6 is 0 Å². The summed E-state index contributed by atoms with van der Waals surface area (Å²) in [5, 5.41) is 12.1. The molecule has 1 aromatic carbocycles. The maximum absolute atomic E-state index is 12.2. The van der Waals surface area contributed by atoms with Crippen LogP contribution in [0.2, 0.25) is 0 Å². The van der Waals surface area contributed by atoms with E-state index in [0.717, 1.165) is 5.56 Å². The van der Waals surface area contributed by atoms with Gasteiger partial charge in [-0.2, -0.15) is 0 Å². The van der Waals surface area contributed by atoms with Crippen molar-refractivity contribution < 1.29 is 28.9 Å². The largest absolute Gasteiger partial charge is 0.497 e. The highest BCUT2D eigenvalue weighted by Gasteiger charge is 2.41. The third-order valence-corrected chi connectivity index (χ3v) is 4.19. The van der Waals surface area contributed by atoms with Gasteiger partial charge in [-0.1, -0.05) is 0 Å². The molecule has 132 valence electrons. The number of nitrogens with one attached hydrogen (secondary N) is 1. The number of carboxylic acids is 1. The van der Waals surface area contributed by atoms with Gasteiger partial charge in [0.05, 0.1) is 14.2 Å². The molecule has 2 rings (SSSR count). The van der Waals surface area contributed by atoms with Crippen molar-refractivity contribution in [3.63, 3.8) is 0 Å². The molecule has 7 heteroatoms. The van der Waals surface area contributed by atoms with Crippen molar-refractivity contribution in [2.45, 2.75) is 31.2 Å². The zero-order valence-electron chi connectivity index (χ0n) is 14.0. The van der Waals surface area contributed by atoms with Gasteiger partial charge in [-0.25, -0.2) is 4.79 Å². The minimum Gasteiger partial charge on any atom is -0.497 e. The molecule has 1 amide bonds. The fourth-order valence-corrected chi connectivity index (χ4v) is 2.71. The molecule has 0 unspecified atom stereocenters. The van der Waals surface area contributed by atoms with E-state index in [1.807, 2.05) is 12.1 Å². The number of carboxylic acid groups (broad SMARTS) is 1. The normalized spacial score (nSPS) is 16.2. The van der Waals surface area contributed by atoms with Gasteiger partial charge in [-0.3, -0.25) is 4.79 Å². The van der Waals surface area contributed by atoms with Gasteiger partial charge in [0.25, 0.3) is 0 Å². The van der Waals surface area contributed by atoms with Crippen LogP contribution in [0, 0.1) is 0 Å². The van der Waals surface area contributed by atoms with Crippen molar-refractivity contribution in [1.82, 2.24) is 5.32 Å². The van der Waals surface area contributed by atoms with Crippen molar-refractivity contribution in [2.24, 2.45) is 0 Å². The molecule has 0 saturated carbocycles. The predicted molar refractivity (Wildman–Crippen MR) is 86.4 cm³/mol. The lowest BCUT2D eigenvalue weighted by Crippen LogP contribution is -2.57. The van der Waals surface area contributed by atoms with E-state index >= 15 is 0 Å². The Morgan fingerprint density at radius 2 is 1.75 bits per heavy atom. The number of hydrogen-bond donors (Lipinski definition) is 2. The first-order valence-corrected chi connectivity index (χ1v) is 7.83. The second-order valence-electron chi connectivity index (χ2n) is 5.77. The molecule has 1 fully saturated rings. The molecule has 1 aromatic rings. The summed E-state index contributed by atoms with van der Waals surface area (Å²) in [5.41, 5.74) is -0.334. The van der Waals surface area contributed by atoms with Crippen LogP contribution in [0.5, 0.6) is 11.5 Å². The molecule has 0 aliphatic carbocycles. The molecule has 0 aromatic heterocycles. The van der Waals surface area contributed by atoms with Gasteiger partial charge in [0.15, 0.2) is 0 Å². The lowest BCUT2D eigenvalue weighted by atomic mass is 9.90. The first kappa shape index (κ1) is 18.1. The van der Waals surface area contributed by atoms with Crippen LogP contribution in [0.25, 0.3) is 0 Å². The number of aliphatic carboxylic acids is 1. The van der Waals surface area contributed by atoms with E-state index in [1.54, 1.807) is 20.3 Å². The molecule has 0 spiro atoms. The number of carbonyl (C=O) groups is 2. The van der Waals surface area contributed by atoms with Crippen LogP contribution in [0.1, 0.15) is 24.8 Å². The molecule has 1 aliphatic rings. The SMILES string of the molecule is COc1cc(CCC(=O)NC2(C(=O)O)CCOCC2)cc(OC)c1. The van der Waals surface area contributed by atoms with Gasteiger partial charge >= 0.3 is 5.97 Å². The summed E-state index contributed by atoms with van der Waals surface area (Å²) in [6.45, 7) is 0.666. The molecule has 0 radical (unpaired) electrons. The fourth-order valence-electron chi connectivity index (χ4n) is 2.71. The van der Waals surface area contributed by atoms with Crippen LogP contribution < -0.4 is 14.8 Å². The summed E-state index contributed by atoms with van der Waals surface area (Å²) < 4.78 is 15.6. The standard InChI is InChI=1S/C17H23NO6/c1-22-13-9-12(10-14(11-13)23-2)3-4-15(19)18-17(16(20)21)5-7-24-8-6-17/h9-11H,3-8H2,1-2H3,(H,18,19)(H,20,21). The molecule has 7 nitrogen and oxygen atoms in total. The van der Waals surface area contributed by atoms with Crippen LogP contribution in [0.15, 0.2) is 18.2 Å². The number of methoxy groups -OCH3 is 2. The Morgan fingerprint density at radius 1 is 1.17 bits per heavy atom. The molecule has 2 N–H and O–H groups in total. The Bertz CT molecular complexity index is 572. The van der Waals surface area contributed by atoms with E-state index in [2.05, 4.69) is 5.32 Å². The number of rotatable bonds is 7. The van der Waals surface area contributed by atoms with Crippen molar-refractivity contribution in [2.75, 3.05) is 27.4 Å². The summed E-state index contributed by atoms with van der Waals surface area (Å²) in [6, 6.07) is 5.42. The molecular weight excluding hydrogens is 314 g/mol. The number of ether oxygens (including phenoxy) is 3. The maximum atomic E-state index is 12.2. The average molecular weight is 337 g/mol. The zero-order valence-corrected chi connectivity index (χ0v) is 14.0. The minimum absolute atomic E-state index is 0.187. The van der Waals surface area contributed by atoms with Crippen molar-refractivity contribution in [3.8, 4) is 11.5 Å². The van der Waals surface area contributed by atoms with Crippen LogP contribution in [-0.4, -0.2) is 50.0 Å². The summed E-state index contributed by atoms with van der Waals surface area (Å²) in [7, 11) is 3.13. The zero-order chi connectivity index (χ0) is 17.6. The van der Waals surface area contributed by atoms with Crippen molar-refractivity contribution in [1.29, 1.82) is 0 Å². The van der Waals surface area contributed by atoms with E-state index < -0.39 is 11.5 Å². The van der Waals surface area contributed by atoms with Crippen molar-refractivity contribution >= 4 is 11.9 Å². The Kier molecular flexibility index (Phi) is 6.03. The summed E-state index contributed by atoms with van der Waals surface area (Å²) in [6.07, 6.45) is 1.21. The van der Waals surface area contributed by atoms with Gasteiger partial charge in [0.1, 0.15) is 17.0 Å². The lowest BCUT2D eigenvalue weighted by Gasteiger charge is -2.33. The molecule has 1 saturated heterocycles. The Balaban J connectivity index is 1.98. The van der Waals surface area contributed by atoms with E-state index in [4.69, 9.17) is 14.2 Å². The smallest absolute Gasteiger partial charge is 0.329 e. The van der Waals surface area contributed by atoms with Crippen molar-refractivity contribution in [3.05, 3.63) is 23.8 Å². The maximum Gasteiger partial charge on any atom is 0.329 e. The third-order valence-electron chi connectivity index (χ3n) is 4.19. The highest BCUT2D eigenvalue weighted by atomic mass is 16.5. The predicted octanol–water partition coefficient (Wildman–Crippen LogP) is 1.39. The number of benzene rings is 1. The number of carbonyl (C=O) groups excluding carboxylic acids is 1. The quantitative estimate of drug-likeness (QED) is 0.781. The fraction of sp³-hybridized carbons (Fsp3) is 0.529. The highest BCUT2D eigenvalue weighted by molar-refractivity contribution is 5.87. The van der Waals surface area contributed by atoms with E-state index in [1.165, 1.54) is 0 Å².